The first kappa shape index (κ1) is 14.5. The van der Waals surface area contributed by atoms with Gasteiger partial charge in [0.2, 0.25) is 0 Å². The van der Waals surface area contributed by atoms with Gasteiger partial charge in [-0.3, -0.25) is 4.79 Å². The predicted octanol–water partition coefficient (Wildman–Crippen LogP) is 2.12. The van der Waals surface area contributed by atoms with E-state index in [9.17, 15) is 4.79 Å². The van der Waals surface area contributed by atoms with Gasteiger partial charge in [0.15, 0.2) is 0 Å². The van der Waals surface area contributed by atoms with Crippen molar-refractivity contribution < 1.29 is 14.3 Å². The highest BCUT2D eigenvalue weighted by Gasteiger charge is 2.21. The summed E-state index contributed by atoms with van der Waals surface area (Å²) in [6.45, 7) is 4.85. The molecule has 1 N–H and O–H groups in total. The molecular formula is C16H17N3O3. The van der Waals surface area contributed by atoms with E-state index in [1.165, 1.54) is 0 Å². The summed E-state index contributed by atoms with van der Waals surface area (Å²) in [5.74, 6) is 0.822. The van der Waals surface area contributed by atoms with Crippen molar-refractivity contribution in [3.8, 4) is 5.75 Å². The lowest BCUT2D eigenvalue weighted by atomic mass is 10.2. The number of rotatable bonds is 4. The summed E-state index contributed by atoms with van der Waals surface area (Å²) in [6.07, 6.45) is 0.0520. The van der Waals surface area contributed by atoms with Crippen LogP contribution in [0.4, 0.5) is 5.82 Å². The van der Waals surface area contributed by atoms with Crippen LogP contribution < -0.4 is 10.1 Å². The van der Waals surface area contributed by atoms with Crippen molar-refractivity contribution in [1.82, 2.24) is 9.97 Å². The second kappa shape index (κ2) is 6.11. The van der Waals surface area contributed by atoms with E-state index < -0.39 is 0 Å². The minimum Gasteiger partial charge on any atom is -0.485 e. The Morgan fingerprint density at radius 3 is 2.73 bits per heavy atom. The Labute approximate surface area is 128 Å². The maximum atomic E-state index is 12.3. The second-order valence-electron chi connectivity index (χ2n) is 5.23. The Morgan fingerprint density at radius 2 is 2.05 bits per heavy atom. The molecule has 1 fully saturated rings. The highest BCUT2D eigenvalue weighted by molar-refractivity contribution is 6.02. The largest absolute Gasteiger partial charge is 0.485 e. The van der Waals surface area contributed by atoms with E-state index in [0.717, 1.165) is 11.4 Å². The molecule has 0 saturated carbocycles. The first-order chi connectivity index (χ1) is 10.6. The van der Waals surface area contributed by atoms with Crippen LogP contribution in [-0.4, -0.2) is 35.2 Å². The zero-order valence-electron chi connectivity index (χ0n) is 12.5. The number of aromatic nitrogens is 2. The van der Waals surface area contributed by atoms with E-state index in [0.29, 0.717) is 30.5 Å². The molecule has 1 aliphatic heterocycles. The van der Waals surface area contributed by atoms with Gasteiger partial charge in [0.05, 0.1) is 13.2 Å². The lowest BCUT2D eigenvalue weighted by molar-refractivity contribution is -0.0797. The minimum atomic E-state index is -0.309. The van der Waals surface area contributed by atoms with Gasteiger partial charge >= 0.3 is 0 Å². The molecule has 0 bridgehead atoms. The number of hydrogen-bond donors (Lipinski definition) is 1. The zero-order valence-corrected chi connectivity index (χ0v) is 12.5. The number of anilines is 1. The van der Waals surface area contributed by atoms with Crippen LogP contribution in [0.1, 0.15) is 21.9 Å². The standard InChI is InChI=1S/C16H17N3O3/c1-10-4-3-5-15(18-10)19-16(20)14-7-12(6-11(2)17-14)22-13-8-21-9-13/h3-7,13H,8-9H2,1-2H3,(H,18,19,20). The minimum absolute atomic E-state index is 0.0520. The average Bonchev–Trinajstić information content (AvgIpc) is 2.42. The third kappa shape index (κ3) is 3.40. The molecule has 22 heavy (non-hydrogen) atoms. The van der Waals surface area contributed by atoms with Crippen molar-refractivity contribution >= 4 is 11.7 Å². The Hall–Kier alpha value is -2.47. The monoisotopic (exact) mass is 299 g/mol. The lowest BCUT2D eigenvalue weighted by Gasteiger charge is -2.26. The molecule has 1 saturated heterocycles. The molecular weight excluding hydrogens is 282 g/mol. The summed E-state index contributed by atoms with van der Waals surface area (Å²) in [7, 11) is 0. The topological polar surface area (TPSA) is 73.3 Å². The molecule has 3 heterocycles. The van der Waals surface area contributed by atoms with Crippen LogP contribution in [0.5, 0.6) is 5.75 Å². The maximum Gasteiger partial charge on any atom is 0.275 e. The molecule has 2 aromatic heterocycles. The van der Waals surface area contributed by atoms with Crippen LogP contribution in [0.15, 0.2) is 30.3 Å². The Bertz CT molecular complexity index is 699. The number of aryl methyl sites for hydroxylation is 2. The van der Waals surface area contributed by atoms with E-state index in [-0.39, 0.29) is 12.0 Å². The van der Waals surface area contributed by atoms with E-state index in [1.807, 2.05) is 26.0 Å². The van der Waals surface area contributed by atoms with Crippen LogP contribution in [0.2, 0.25) is 0 Å². The summed E-state index contributed by atoms with van der Waals surface area (Å²) < 4.78 is 10.8. The Morgan fingerprint density at radius 1 is 1.23 bits per heavy atom. The molecule has 3 rings (SSSR count). The number of ether oxygens (including phenoxy) is 2. The van der Waals surface area contributed by atoms with Crippen LogP contribution in [0.3, 0.4) is 0 Å². The van der Waals surface area contributed by atoms with Gasteiger partial charge in [-0.25, -0.2) is 9.97 Å². The highest BCUT2D eigenvalue weighted by Crippen LogP contribution is 2.19. The maximum absolute atomic E-state index is 12.3. The van der Waals surface area contributed by atoms with Gasteiger partial charge in [-0.05, 0) is 26.0 Å². The van der Waals surface area contributed by atoms with Crippen molar-refractivity contribution in [2.45, 2.75) is 20.0 Å². The third-order valence-electron chi connectivity index (χ3n) is 3.20. The molecule has 114 valence electrons. The van der Waals surface area contributed by atoms with Crippen LogP contribution in [0, 0.1) is 13.8 Å². The van der Waals surface area contributed by atoms with Crippen LogP contribution >= 0.6 is 0 Å². The molecule has 6 nitrogen and oxygen atoms in total. The summed E-state index contributed by atoms with van der Waals surface area (Å²) in [5, 5.41) is 2.74. The number of amides is 1. The van der Waals surface area contributed by atoms with Gasteiger partial charge in [0.25, 0.3) is 5.91 Å². The highest BCUT2D eigenvalue weighted by atomic mass is 16.6. The Kier molecular flexibility index (Phi) is 4.02. The zero-order chi connectivity index (χ0) is 15.5. The summed E-state index contributed by atoms with van der Waals surface area (Å²) in [6, 6.07) is 8.89. The van der Waals surface area contributed by atoms with Crippen LogP contribution in [-0.2, 0) is 4.74 Å². The number of nitrogens with zero attached hydrogens (tertiary/aromatic N) is 2. The first-order valence-corrected chi connectivity index (χ1v) is 7.08. The van der Waals surface area contributed by atoms with Crippen molar-refractivity contribution in [2.75, 3.05) is 18.5 Å². The SMILES string of the molecule is Cc1cccc(NC(=O)c2cc(OC3COC3)cc(C)n2)n1. The summed E-state index contributed by atoms with van der Waals surface area (Å²) >= 11 is 0. The van der Waals surface area contributed by atoms with Gasteiger partial charge in [0, 0.05) is 23.5 Å². The van der Waals surface area contributed by atoms with E-state index >= 15 is 0 Å². The van der Waals surface area contributed by atoms with E-state index in [2.05, 4.69) is 15.3 Å². The number of hydrogen-bond acceptors (Lipinski definition) is 5. The van der Waals surface area contributed by atoms with Gasteiger partial charge in [-0.15, -0.1) is 0 Å². The molecule has 2 aromatic rings. The summed E-state index contributed by atoms with van der Waals surface area (Å²) in [5.41, 5.74) is 1.86. The fourth-order valence-electron chi connectivity index (χ4n) is 2.09. The fourth-order valence-corrected chi connectivity index (χ4v) is 2.09. The van der Waals surface area contributed by atoms with Gasteiger partial charge in [-0.1, -0.05) is 6.07 Å². The van der Waals surface area contributed by atoms with Crippen molar-refractivity contribution in [2.24, 2.45) is 0 Å². The van der Waals surface area contributed by atoms with Crippen LogP contribution in [0.25, 0.3) is 0 Å². The van der Waals surface area contributed by atoms with Gasteiger partial charge in [0.1, 0.15) is 23.4 Å². The number of carbonyl (C=O) groups is 1. The van der Waals surface area contributed by atoms with E-state index in [4.69, 9.17) is 9.47 Å². The molecule has 0 aliphatic carbocycles. The van der Waals surface area contributed by atoms with Gasteiger partial charge < -0.3 is 14.8 Å². The quantitative estimate of drug-likeness (QED) is 0.936. The molecule has 6 heteroatoms. The Balaban J connectivity index is 1.76. The molecule has 0 radical (unpaired) electrons. The van der Waals surface area contributed by atoms with Crippen molar-refractivity contribution in [3.05, 3.63) is 47.4 Å². The molecule has 0 aromatic carbocycles. The molecule has 1 amide bonds. The second-order valence-corrected chi connectivity index (χ2v) is 5.23. The smallest absolute Gasteiger partial charge is 0.275 e. The van der Waals surface area contributed by atoms with E-state index in [1.54, 1.807) is 18.2 Å². The average molecular weight is 299 g/mol. The van der Waals surface area contributed by atoms with Gasteiger partial charge in [-0.2, -0.15) is 0 Å². The normalized spacial score (nSPS) is 14.3. The van der Waals surface area contributed by atoms with Crippen molar-refractivity contribution in [3.63, 3.8) is 0 Å². The molecule has 0 atom stereocenters. The number of carbonyl (C=O) groups excluding carboxylic acids is 1. The molecule has 0 spiro atoms. The third-order valence-corrected chi connectivity index (χ3v) is 3.20. The summed E-state index contributed by atoms with van der Waals surface area (Å²) in [4.78, 5) is 20.8. The van der Waals surface area contributed by atoms with Crippen molar-refractivity contribution in [1.29, 1.82) is 0 Å². The molecule has 0 unspecified atom stereocenters. The number of nitrogens with one attached hydrogen (secondary N) is 1. The molecule has 1 aliphatic rings. The fraction of sp³-hybridized carbons (Fsp3) is 0.312. The lowest BCUT2D eigenvalue weighted by Crippen LogP contribution is -2.38. The first-order valence-electron chi connectivity index (χ1n) is 7.08. The number of pyridine rings is 2. The predicted molar refractivity (Wildman–Crippen MR) is 81.1 cm³/mol.